The summed E-state index contributed by atoms with van der Waals surface area (Å²) in [6.07, 6.45) is 0. The van der Waals surface area contributed by atoms with Crippen molar-refractivity contribution in [3.8, 4) is 22.3 Å². The lowest BCUT2D eigenvalue weighted by molar-refractivity contribution is 0.00578. The lowest BCUT2D eigenvalue weighted by Crippen LogP contribution is -2.41. The van der Waals surface area contributed by atoms with Crippen LogP contribution in [0.15, 0.2) is 66.0 Å². The first-order chi connectivity index (χ1) is 12.4. The summed E-state index contributed by atoms with van der Waals surface area (Å²) in [6, 6.07) is 21.3. The summed E-state index contributed by atoms with van der Waals surface area (Å²) in [5, 5.41) is 2.18. The Labute approximate surface area is 159 Å². The third kappa shape index (κ3) is 3.13. The lowest BCUT2D eigenvalue weighted by atomic mass is 9.87. The zero-order valence-corrected chi connectivity index (χ0v) is 16.5. The van der Waals surface area contributed by atoms with Gasteiger partial charge in [0.25, 0.3) is 0 Å². The maximum Gasteiger partial charge on any atom is 0.505 e. The monoisotopic (exact) mass is 362 g/mol. The summed E-state index contributed by atoms with van der Waals surface area (Å²) in [5.74, 6) is 0. The van der Waals surface area contributed by atoms with Gasteiger partial charge < -0.3 is 9.31 Å². The van der Waals surface area contributed by atoms with Crippen molar-refractivity contribution >= 4 is 23.2 Å². The Kier molecular flexibility index (Phi) is 4.30. The summed E-state index contributed by atoms with van der Waals surface area (Å²) in [6.45, 7) is 8.35. The van der Waals surface area contributed by atoms with Gasteiger partial charge in [0.15, 0.2) is 0 Å². The highest BCUT2D eigenvalue weighted by molar-refractivity contribution is 7.21. The molecule has 2 heterocycles. The molecule has 1 fully saturated rings. The lowest BCUT2D eigenvalue weighted by Gasteiger charge is -2.32. The number of hydrogen-bond acceptors (Lipinski definition) is 3. The van der Waals surface area contributed by atoms with Crippen LogP contribution in [0.4, 0.5) is 0 Å². The second-order valence-electron chi connectivity index (χ2n) is 7.77. The SMILES string of the molecule is CC1(C)OB(c2cc(-c3ccc(-c4ccccc4)cc3)cs2)OC1(C)C. The number of hydrogen-bond donors (Lipinski definition) is 0. The van der Waals surface area contributed by atoms with Gasteiger partial charge >= 0.3 is 7.12 Å². The zero-order chi connectivity index (χ0) is 18.4. The molecule has 0 aliphatic carbocycles. The molecule has 4 rings (SSSR count). The summed E-state index contributed by atoms with van der Waals surface area (Å²) in [5.41, 5.74) is 4.28. The smallest absolute Gasteiger partial charge is 0.399 e. The molecular weight excluding hydrogens is 339 g/mol. The number of thiophene rings is 1. The molecular formula is C22H23BO2S. The van der Waals surface area contributed by atoms with Crippen molar-refractivity contribution in [3.63, 3.8) is 0 Å². The Morgan fingerprint density at radius 1 is 0.692 bits per heavy atom. The third-order valence-electron chi connectivity index (χ3n) is 5.43. The van der Waals surface area contributed by atoms with Gasteiger partial charge in [-0.15, -0.1) is 0 Å². The Bertz CT molecular complexity index is 881. The highest BCUT2D eigenvalue weighted by atomic mass is 32.1. The van der Waals surface area contributed by atoms with Crippen LogP contribution < -0.4 is 4.78 Å². The van der Waals surface area contributed by atoms with E-state index < -0.39 is 0 Å². The average molecular weight is 362 g/mol. The molecule has 0 unspecified atom stereocenters. The van der Waals surface area contributed by atoms with Crippen LogP contribution in [0.25, 0.3) is 22.3 Å². The van der Waals surface area contributed by atoms with Gasteiger partial charge in [-0.3, -0.25) is 0 Å². The van der Waals surface area contributed by atoms with Gasteiger partial charge in [0, 0.05) is 4.78 Å². The molecule has 2 nitrogen and oxygen atoms in total. The van der Waals surface area contributed by atoms with Gasteiger partial charge in [-0.25, -0.2) is 0 Å². The molecule has 0 atom stereocenters. The normalized spacial score (nSPS) is 18.2. The Morgan fingerprint density at radius 2 is 1.19 bits per heavy atom. The van der Waals surface area contributed by atoms with Crippen molar-refractivity contribution in [1.82, 2.24) is 0 Å². The average Bonchev–Trinajstić information content (AvgIpc) is 3.19. The van der Waals surface area contributed by atoms with Crippen LogP contribution in [0.1, 0.15) is 27.7 Å². The molecule has 4 heteroatoms. The Morgan fingerprint density at radius 3 is 1.77 bits per heavy atom. The molecule has 0 spiro atoms. The maximum absolute atomic E-state index is 6.16. The van der Waals surface area contributed by atoms with E-state index in [9.17, 15) is 0 Å². The quantitative estimate of drug-likeness (QED) is 0.583. The van der Waals surface area contributed by atoms with Crippen LogP contribution in [0.2, 0.25) is 0 Å². The molecule has 0 radical (unpaired) electrons. The van der Waals surface area contributed by atoms with E-state index in [4.69, 9.17) is 9.31 Å². The number of benzene rings is 2. The first-order valence-electron chi connectivity index (χ1n) is 8.96. The van der Waals surface area contributed by atoms with E-state index in [1.807, 2.05) is 6.07 Å². The fraction of sp³-hybridized carbons (Fsp3) is 0.273. The highest BCUT2D eigenvalue weighted by Crippen LogP contribution is 2.37. The van der Waals surface area contributed by atoms with Crippen molar-refractivity contribution in [3.05, 3.63) is 66.0 Å². The molecule has 0 saturated carbocycles. The predicted molar refractivity (Wildman–Crippen MR) is 111 cm³/mol. The van der Waals surface area contributed by atoms with E-state index in [1.54, 1.807) is 11.3 Å². The van der Waals surface area contributed by atoms with Crippen molar-refractivity contribution in [2.45, 2.75) is 38.9 Å². The van der Waals surface area contributed by atoms with Gasteiger partial charge in [-0.1, -0.05) is 54.6 Å². The van der Waals surface area contributed by atoms with Gasteiger partial charge in [0.1, 0.15) is 0 Å². The van der Waals surface area contributed by atoms with Crippen LogP contribution in [0, 0.1) is 0 Å². The van der Waals surface area contributed by atoms with E-state index >= 15 is 0 Å². The molecule has 1 saturated heterocycles. The van der Waals surface area contributed by atoms with E-state index in [-0.39, 0.29) is 18.3 Å². The van der Waals surface area contributed by atoms with Gasteiger partial charge in [-0.05, 0) is 61.4 Å². The standard InChI is InChI=1S/C22H23BO2S/c1-21(2)22(3,4)25-23(24-21)20-14-19(15-26-20)18-12-10-17(11-13-18)16-8-6-5-7-9-16/h5-15H,1-4H3. The van der Waals surface area contributed by atoms with Crippen LogP contribution in [0.3, 0.4) is 0 Å². The molecule has 0 amide bonds. The van der Waals surface area contributed by atoms with Gasteiger partial charge in [0.05, 0.1) is 11.2 Å². The minimum Gasteiger partial charge on any atom is -0.399 e. The summed E-state index contributed by atoms with van der Waals surface area (Å²) >= 11 is 1.69. The second kappa shape index (κ2) is 6.38. The molecule has 132 valence electrons. The first-order valence-corrected chi connectivity index (χ1v) is 9.84. The summed E-state index contributed by atoms with van der Waals surface area (Å²) < 4.78 is 13.4. The molecule has 0 N–H and O–H groups in total. The maximum atomic E-state index is 6.16. The van der Waals surface area contributed by atoms with E-state index in [0.29, 0.717) is 0 Å². The van der Waals surface area contributed by atoms with E-state index in [2.05, 4.69) is 87.7 Å². The van der Waals surface area contributed by atoms with Crippen molar-refractivity contribution < 1.29 is 9.31 Å². The fourth-order valence-corrected chi connectivity index (χ4v) is 3.94. The zero-order valence-electron chi connectivity index (χ0n) is 15.7. The molecule has 3 aromatic rings. The highest BCUT2D eigenvalue weighted by Gasteiger charge is 2.52. The largest absolute Gasteiger partial charge is 0.505 e. The Balaban J connectivity index is 1.55. The van der Waals surface area contributed by atoms with Gasteiger partial charge in [-0.2, -0.15) is 11.3 Å². The van der Waals surface area contributed by atoms with Crippen LogP contribution in [-0.2, 0) is 9.31 Å². The van der Waals surface area contributed by atoms with Crippen molar-refractivity contribution in [1.29, 1.82) is 0 Å². The van der Waals surface area contributed by atoms with Crippen LogP contribution >= 0.6 is 11.3 Å². The fourth-order valence-electron chi connectivity index (χ4n) is 3.07. The van der Waals surface area contributed by atoms with Crippen molar-refractivity contribution in [2.75, 3.05) is 0 Å². The number of rotatable bonds is 3. The molecule has 1 aromatic heterocycles. The minimum absolute atomic E-state index is 0.289. The Hall–Kier alpha value is -1.88. The summed E-state index contributed by atoms with van der Waals surface area (Å²) in [7, 11) is -0.289. The molecule has 1 aliphatic heterocycles. The molecule has 1 aliphatic rings. The third-order valence-corrected chi connectivity index (χ3v) is 6.38. The van der Waals surface area contributed by atoms with E-state index in [0.717, 1.165) is 4.78 Å². The van der Waals surface area contributed by atoms with E-state index in [1.165, 1.54) is 22.3 Å². The summed E-state index contributed by atoms with van der Waals surface area (Å²) in [4.78, 5) is 0. The topological polar surface area (TPSA) is 18.5 Å². The first kappa shape index (κ1) is 17.5. The van der Waals surface area contributed by atoms with Crippen molar-refractivity contribution in [2.24, 2.45) is 0 Å². The van der Waals surface area contributed by atoms with Crippen LogP contribution in [-0.4, -0.2) is 18.3 Å². The molecule has 26 heavy (non-hydrogen) atoms. The minimum atomic E-state index is -0.306. The van der Waals surface area contributed by atoms with Crippen LogP contribution in [0.5, 0.6) is 0 Å². The molecule has 0 bridgehead atoms. The molecule has 2 aromatic carbocycles. The predicted octanol–water partition coefficient (Wildman–Crippen LogP) is 5.38. The second-order valence-corrected chi connectivity index (χ2v) is 8.71. The van der Waals surface area contributed by atoms with Gasteiger partial charge in [0.2, 0.25) is 0 Å².